The zero-order chi connectivity index (χ0) is 9.42. The predicted molar refractivity (Wildman–Crippen MR) is 48.7 cm³/mol. The van der Waals surface area contributed by atoms with Crippen molar-refractivity contribution in [1.82, 2.24) is 5.32 Å². The molecule has 1 aliphatic rings. The molecule has 0 radical (unpaired) electrons. The Labute approximate surface area is 76.4 Å². The van der Waals surface area contributed by atoms with Crippen LogP contribution in [0.1, 0.15) is 34.5 Å². The Balaban J connectivity index is 2.45. The number of hydrogen-bond acceptors (Lipinski definition) is 2. The average Bonchev–Trinajstić information content (AvgIpc) is 2.47. The van der Waals surface area contributed by atoms with Crippen molar-refractivity contribution in [2.75, 3.05) is 0 Å². The van der Waals surface area contributed by atoms with Gasteiger partial charge < -0.3 is 10.4 Å². The monoisotopic (exact) mass is 177 g/mol. The van der Waals surface area contributed by atoms with Crippen LogP contribution in [0.2, 0.25) is 0 Å². The molecule has 0 fully saturated rings. The van der Waals surface area contributed by atoms with Gasteiger partial charge in [-0.05, 0) is 30.2 Å². The summed E-state index contributed by atoms with van der Waals surface area (Å²) in [6.07, 6.45) is 0. The number of hydrogen-bond donors (Lipinski definition) is 2. The van der Waals surface area contributed by atoms with Gasteiger partial charge >= 0.3 is 5.97 Å². The lowest BCUT2D eigenvalue weighted by atomic mass is 10.0. The van der Waals surface area contributed by atoms with Crippen LogP contribution < -0.4 is 5.32 Å². The van der Waals surface area contributed by atoms with Crippen LogP contribution in [-0.2, 0) is 6.54 Å². The fraction of sp³-hybridized carbons (Fsp3) is 0.300. The van der Waals surface area contributed by atoms with E-state index >= 15 is 0 Å². The molecule has 3 nitrogen and oxygen atoms in total. The number of rotatable bonds is 1. The van der Waals surface area contributed by atoms with Gasteiger partial charge in [0.25, 0.3) is 0 Å². The zero-order valence-electron chi connectivity index (χ0n) is 7.37. The van der Waals surface area contributed by atoms with Gasteiger partial charge in [0.15, 0.2) is 0 Å². The zero-order valence-corrected chi connectivity index (χ0v) is 7.37. The maximum Gasteiger partial charge on any atom is 0.335 e. The maximum absolute atomic E-state index is 10.7. The SMILES string of the molecule is C[C@@H]1NCc2cc(C(=O)O)ccc21. The second-order valence-corrected chi connectivity index (χ2v) is 3.32. The molecular formula is C10H11NO2. The number of fused-ring (bicyclic) bond motifs is 1. The quantitative estimate of drug-likeness (QED) is 0.684. The molecule has 1 atom stereocenters. The van der Waals surface area contributed by atoms with Gasteiger partial charge in [-0.25, -0.2) is 4.79 Å². The third kappa shape index (κ3) is 1.31. The fourth-order valence-corrected chi connectivity index (χ4v) is 1.69. The molecule has 0 unspecified atom stereocenters. The smallest absolute Gasteiger partial charge is 0.335 e. The highest BCUT2D eigenvalue weighted by atomic mass is 16.4. The molecule has 1 aromatic carbocycles. The predicted octanol–water partition coefficient (Wildman–Crippen LogP) is 1.55. The van der Waals surface area contributed by atoms with Gasteiger partial charge in [-0.15, -0.1) is 0 Å². The van der Waals surface area contributed by atoms with Gasteiger partial charge in [0, 0.05) is 12.6 Å². The van der Waals surface area contributed by atoms with E-state index in [4.69, 9.17) is 5.11 Å². The van der Waals surface area contributed by atoms with Crippen molar-refractivity contribution in [2.45, 2.75) is 19.5 Å². The van der Waals surface area contributed by atoms with Gasteiger partial charge in [-0.3, -0.25) is 0 Å². The number of nitrogens with one attached hydrogen (secondary N) is 1. The lowest BCUT2D eigenvalue weighted by Crippen LogP contribution is -2.06. The van der Waals surface area contributed by atoms with Crippen LogP contribution >= 0.6 is 0 Å². The molecule has 0 saturated heterocycles. The first-order valence-electron chi connectivity index (χ1n) is 4.28. The van der Waals surface area contributed by atoms with Gasteiger partial charge in [0.2, 0.25) is 0 Å². The van der Waals surface area contributed by atoms with Crippen LogP contribution in [0.15, 0.2) is 18.2 Å². The Bertz CT molecular complexity index is 360. The van der Waals surface area contributed by atoms with E-state index in [1.54, 1.807) is 12.1 Å². The molecule has 0 spiro atoms. The summed E-state index contributed by atoms with van der Waals surface area (Å²) in [6.45, 7) is 2.85. The van der Waals surface area contributed by atoms with Crippen molar-refractivity contribution in [3.05, 3.63) is 34.9 Å². The third-order valence-electron chi connectivity index (χ3n) is 2.46. The lowest BCUT2D eigenvalue weighted by molar-refractivity contribution is 0.0697. The Morgan fingerprint density at radius 1 is 1.62 bits per heavy atom. The molecule has 1 aromatic rings. The fourth-order valence-electron chi connectivity index (χ4n) is 1.69. The average molecular weight is 177 g/mol. The summed E-state index contributed by atoms with van der Waals surface area (Å²) in [5, 5.41) is 12.0. The molecule has 3 heteroatoms. The second-order valence-electron chi connectivity index (χ2n) is 3.32. The van der Waals surface area contributed by atoms with E-state index in [2.05, 4.69) is 12.2 Å². The van der Waals surface area contributed by atoms with E-state index in [-0.39, 0.29) is 0 Å². The largest absolute Gasteiger partial charge is 0.478 e. The molecule has 1 aliphatic heterocycles. The van der Waals surface area contributed by atoms with Crippen molar-refractivity contribution < 1.29 is 9.90 Å². The number of benzene rings is 1. The molecule has 2 rings (SSSR count). The molecule has 13 heavy (non-hydrogen) atoms. The van der Waals surface area contributed by atoms with Gasteiger partial charge in [0.1, 0.15) is 0 Å². The van der Waals surface area contributed by atoms with E-state index in [0.717, 1.165) is 12.1 Å². The highest BCUT2D eigenvalue weighted by Crippen LogP contribution is 2.25. The van der Waals surface area contributed by atoms with Crippen molar-refractivity contribution in [1.29, 1.82) is 0 Å². The number of carboxylic acids is 1. The summed E-state index contributed by atoms with van der Waals surface area (Å²) in [7, 11) is 0. The van der Waals surface area contributed by atoms with E-state index in [1.165, 1.54) is 5.56 Å². The number of carboxylic acid groups (broad SMARTS) is 1. The Morgan fingerprint density at radius 2 is 2.38 bits per heavy atom. The van der Waals surface area contributed by atoms with Gasteiger partial charge in [-0.2, -0.15) is 0 Å². The summed E-state index contributed by atoms with van der Waals surface area (Å²) in [6, 6.07) is 5.64. The normalized spacial score (nSPS) is 19.9. The summed E-state index contributed by atoms with van der Waals surface area (Å²) in [4.78, 5) is 10.7. The van der Waals surface area contributed by atoms with E-state index < -0.39 is 5.97 Å². The van der Waals surface area contributed by atoms with Crippen LogP contribution in [0.4, 0.5) is 0 Å². The summed E-state index contributed by atoms with van der Waals surface area (Å²) >= 11 is 0. The summed E-state index contributed by atoms with van der Waals surface area (Å²) < 4.78 is 0. The van der Waals surface area contributed by atoms with Gasteiger partial charge in [-0.1, -0.05) is 6.07 Å². The van der Waals surface area contributed by atoms with E-state index in [9.17, 15) is 4.79 Å². The molecular weight excluding hydrogens is 166 g/mol. The molecule has 0 amide bonds. The highest BCUT2D eigenvalue weighted by Gasteiger charge is 2.18. The molecule has 0 aromatic heterocycles. The standard InChI is InChI=1S/C10H11NO2/c1-6-9-3-2-7(10(12)13)4-8(9)5-11-6/h2-4,6,11H,5H2,1H3,(H,12,13)/t6-/m0/s1. The van der Waals surface area contributed by atoms with Crippen molar-refractivity contribution in [2.24, 2.45) is 0 Å². The maximum atomic E-state index is 10.7. The van der Waals surface area contributed by atoms with Crippen LogP contribution in [0.3, 0.4) is 0 Å². The minimum Gasteiger partial charge on any atom is -0.478 e. The number of aromatic carboxylic acids is 1. The minimum absolute atomic E-state index is 0.345. The Kier molecular flexibility index (Phi) is 1.81. The molecule has 68 valence electrons. The minimum atomic E-state index is -0.859. The molecule has 1 heterocycles. The van der Waals surface area contributed by atoms with E-state index in [0.29, 0.717) is 11.6 Å². The topological polar surface area (TPSA) is 49.3 Å². The van der Waals surface area contributed by atoms with E-state index in [1.807, 2.05) is 6.07 Å². The summed E-state index contributed by atoms with van der Waals surface area (Å²) in [5.74, 6) is -0.859. The van der Waals surface area contributed by atoms with Crippen LogP contribution in [0.25, 0.3) is 0 Å². The highest BCUT2D eigenvalue weighted by molar-refractivity contribution is 5.88. The first-order chi connectivity index (χ1) is 6.18. The van der Waals surface area contributed by atoms with Crippen molar-refractivity contribution >= 4 is 5.97 Å². The molecule has 0 saturated carbocycles. The second kappa shape index (κ2) is 2.85. The Hall–Kier alpha value is -1.35. The van der Waals surface area contributed by atoms with Crippen molar-refractivity contribution in [3.63, 3.8) is 0 Å². The molecule has 2 N–H and O–H groups in total. The third-order valence-corrected chi connectivity index (χ3v) is 2.46. The van der Waals surface area contributed by atoms with Crippen LogP contribution in [0, 0.1) is 0 Å². The number of carbonyl (C=O) groups is 1. The lowest BCUT2D eigenvalue weighted by Gasteiger charge is -2.03. The van der Waals surface area contributed by atoms with Gasteiger partial charge in [0.05, 0.1) is 5.56 Å². The van der Waals surface area contributed by atoms with Crippen molar-refractivity contribution in [3.8, 4) is 0 Å². The van der Waals surface area contributed by atoms with Crippen LogP contribution in [0.5, 0.6) is 0 Å². The summed E-state index contributed by atoms with van der Waals surface area (Å²) in [5.41, 5.74) is 2.69. The first kappa shape index (κ1) is 8.26. The first-order valence-corrected chi connectivity index (χ1v) is 4.28. The molecule has 0 bridgehead atoms. The molecule has 0 aliphatic carbocycles. The van der Waals surface area contributed by atoms with Crippen LogP contribution in [-0.4, -0.2) is 11.1 Å². The Morgan fingerprint density at radius 3 is 3.08 bits per heavy atom.